The van der Waals surface area contributed by atoms with Gasteiger partial charge in [-0.1, -0.05) is 6.07 Å². The lowest BCUT2D eigenvalue weighted by atomic mass is 9.94. The van der Waals surface area contributed by atoms with Gasteiger partial charge in [0.1, 0.15) is 0 Å². The van der Waals surface area contributed by atoms with Crippen LogP contribution in [0.15, 0.2) is 47.9 Å². The monoisotopic (exact) mass is 468 g/mol. The highest BCUT2D eigenvalue weighted by molar-refractivity contribution is 5.95. The average Bonchev–Trinajstić information content (AvgIpc) is 2.86. The fourth-order valence-corrected chi connectivity index (χ4v) is 4.11. The van der Waals surface area contributed by atoms with Gasteiger partial charge in [0.05, 0.1) is 25.3 Å². The number of ether oxygens (including phenoxy) is 2. The number of hydrogen-bond acceptors (Lipinski definition) is 9. The predicted molar refractivity (Wildman–Crippen MR) is 123 cm³/mol. The summed E-state index contributed by atoms with van der Waals surface area (Å²) in [6, 6.07) is 5.35. The Hall–Kier alpha value is -3.86. The molecule has 34 heavy (non-hydrogen) atoms. The molecule has 11 nitrogen and oxygen atoms in total. The molecule has 0 aliphatic carbocycles. The normalized spacial score (nSPS) is 18.8. The zero-order valence-electron chi connectivity index (χ0n) is 19.2. The summed E-state index contributed by atoms with van der Waals surface area (Å²) >= 11 is 0. The molecular weight excluding hydrogens is 440 g/mol. The van der Waals surface area contributed by atoms with E-state index in [1.54, 1.807) is 37.5 Å². The molecule has 2 aromatic rings. The van der Waals surface area contributed by atoms with Crippen molar-refractivity contribution in [2.75, 3.05) is 51.3 Å². The van der Waals surface area contributed by atoms with E-state index in [1.807, 2.05) is 0 Å². The van der Waals surface area contributed by atoms with Gasteiger partial charge in [-0.25, -0.2) is 19.6 Å². The van der Waals surface area contributed by atoms with E-state index in [9.17, 15) is 14.7 Å². The molecule has 2 aliphatic heterocycles. The zero-order chi connectivity index (χ0) is 24.1. The summed E-state index contributed by atoms with van der Waals surface area (Å²) in [5.41, 5.74) is 1.39. The van der Waals surface area contributed by atoms with Gasteiger partial charge >= 0.3 is 12.0 Å². The Morgan fingerprint density at radius 2 is 1.94 bits per heavy atom. The number of phenols is 1. The van der Waals surface area contributed by atoms with E-state index < -0.39 is 18.0 Å². The number of carbonyl (C=O) groups excluding carboxylic acids is 2. The summed E-state index contributed by atoms with van der Waals surface area (Å²) in [7, 11) is 1.31. The van der Waals surface area contributed by atoms with Crippen LogP contribution in [0, 0.1) is 0 Å². The van der Waals surface area contributed by atoms with E-state index in [0.29, 0.717) is 49.0 Å². The molecule has 1 aromatic carbocycles. The zero-order valence-corrected chi connectivity index (χ0v) is 19.2. The van der Waals surface area contributed by atoms with E-state index >= 15 is 0 Å². The summed E-state index contributed by atoms with van der Waals surface area (Å²) < 4.78 is 10.5. The minimum Gasteiger partial charge on any atom is -0.504 e. The number of phenolic OH excluding ortho intramolecular Hbond substituents is 1. The number of benzene rings is 1. The van der Waals surface area contributed by atoms with Crippen LogP contribution in [0.5, 0.6) is 11.5 Å². The van der Waals surface area contributed by atoms with Crippen LogP contribution in [-0.2, 0) is 9.53 Å². The van der Waals surface area contributed by atoms with Gasteiger partial charge in [0.15, 0.2) is 11.5 Å². The second kappa shape index (κ2) is 10.4. The number of urea groups is 1. The summed E-state index contributed by atoms with van der Waals surface area (Å²) in [5, 5.41) is 15.6. The largest absolute Gasteiger partial charge is 0.504 e. The van der Waals surface area contributed by atoms with Crippen LogP contribution in [0.3, 0.4) is 0 Å². The lowest BCUT2D eigenvalue weighted by molar-refractivity contribution is -0.136. The minimum absolute atomic E-state index is 0.0186. The molecule has 180 valence electrons. The molecule has 11 heteroatoms. The molecular formula is C23H28N6O5. The van der Waals surface area contributed by atoms with Crippen LogP contribution in [0.4, 0.5) is 10.7 Å². The number of esters is 1. The average molecular weight is 469 g/mol. The molecule has 1 fully saturated rings. The Balaban J connectivity index is 1.58. The van der Waals surface area contributed by atoms with Crippen molar-refractivity contribution in [3.05, 3.63) is 53.5 Å². The van der Waals surface area contributed by atoms with Gasteiger partial charge in [0, 0.05) is 50.8 Å². The highest BCUT2D eigenvalue weighted by atomic mass is 16.5. The summed E-state index contributed by atoms with van der Waals surface area (Å²) in [6.45, 7) is 5.39. The van der Waals surface area contributed by atoms with Crippen molar-refractivity contribution in [3.8, 4) is 11.5 Å². The number of piperazine rings is 1. The molecule has 0 spiro atoms. The van der Waals surface area contributed by atoms with Gasteiger partial charge < -0.3 is 30.1 Å². The number of aromatic hydroxyl groups is 1. The molecule has 2 aliphatic rings. The van der Waals surface area contributed by atoms with E-state index in [-0.39, 0.29) is 11.5 Å². The highest BCUT2D eigenvalue weighted by Gasteiger charge is 2.35. The second-order valence-electron chi connectivity index (χ2n) is 7.89. The van der Waals surface area contributed by atoms with Crippen molar-refractivity contribution in [1.82, 2.24) is 25.5 Å². The Morgan fingerprint density at radius 1 is 1.21 bits per heavy atom. The van der Waals surface area contributed by atoms with Crippen LogP contribution in [-0.4, -0.2) is 78.4 Å². The number of methoxy groups -OCH3 is 1. The first-order valence-electron chi connectivity index (χ1n) is 11.1. The summed E-state index contributed by atoms with van der Waals surface area (Å²) in [5.74, 6) is 0.395. The van der Waals surface area contributed by atoms with Gasteiger partial charge in [0.2, 0.25) is 5.95 Å². The van der Waals surface area contributed by atoms with Crippen molar-refractivity contribution >= 4 is 17.9 Å². The van der Waals surface area contributed by atoms with E-state index in [4.69, 9.17) is 9.47 Å². The SMILES string of the molecule is CCOc1cc(C2NC(=O)NC(CN3CCN(c4ncccn4)CC3)=C2C(=O)OC)ccc1O. The molecule has 0 radical (unpaired) electrons. The number of amides is 2. The third kappa shape index (κ3) is 5.04. The number of anilines is 1. The molecule has 3 N–H and O–H groups in total. The van der Waals surface area contributed by atoms with Gasteiger partial charge in [-0.3, -0.25) is 4.90 Å². The third-order valence-electron chi connectivity index (χ3n) is 5.76. The third-order valence-corrected chi connectivity index (χ3v) is 5.76. The number of rotatable bonds is 7. The van der Waals surface area contributed by atoms with Crippen LogP contribution in [0.1, 0.15) is 18.5 Å². The van der Waals surface area contributed by atoms with Crippen LogP contribution < -0.4 is 20.3 Å². The molecule has 1 unspecified atom stereocenters. The fourth-order valence-electron chi connectivity index (χ4n) is 4.11. The standard InChI is InChI=1S/C23H28N6O5/c1-3-34-18-13-15(5-6-17(18)30)20-19(21(31)33-2)16(26-23(32)27-20)14-28-9-11-29(12-10-28)22-24-7-4-8-25-22/h4-8,13,20,30H,3,9-12,14H2,1-2H3,(H2,26,27,32). The van der Waals surface area contributed by atoms with Gasteiger partial charge in [-0.2, -0.15) is 0 Å². The number of carbonyl (C=O) groups is 2. The Morgan fingerprint density at radius 3 is 2.62 bits per heavy atom. The van der Waals surface area contributed by atoms with Crippen molar-refractivity contribution in [1.29, 1.82) is 0 Å². The Bertz CT molecular complexity index is 1070. The summed E-state index contributed by atoms with van der Waals surface area (Å²) in [6.07, 6.45) is 3.43. The van der Waals surface area contributed by atoms with E-state index in [0.717, 1.165) is 13.1 Å². The van der Waals surface area contributed by atoms with Crippen molar-refractivity contribution in [3.63, 3.8) is 0 Å². The number of aromatic nitrogens is 2. The van der Waals surface area contributed by atoms with Crippen LogP contribution >= 0.6 is 0 Å². The molecule has 1 aromatic heterocycles. The molecule has 1 atom stereocenters. The number of nitrogens with one attached hydrogen (secondary N) is 2. The minimum atomic E-state index is -0.755. The molecule has 0 bridgehead atoms. The smallest absolute Gasteiger partial charge is 0.338 e. The Kier molecular flexibility index (Phi) is 7.12. The fraction of sp³-hybridized carbons (Fsp3) is 0.391. The van der Waals surface area contributed by atoms with Crippen LogP contribution in [0.2, 0.25) is 0 Å². The summed E-state index contributed by atoms with van der Waals surface area (Å²) in [4.78, 5) is 38.2. The highest BCUT2D eigenvalue weighted by Crippen LogP contribution is 2.34. The van der Waals surface area contributed by atoms with E-state index in [1.165, 1.54) is 13.2 Å². The molecule has 0 saturated carbocycles. The van der Waals surface area contributed by atoms with E-state index in [2.05, 4.69) is 30.4 Å². The molecule has 1 saturated heterocycles. The van der Waals surface area contributed by atoms with Crippen molar-refractivity contribution < 1.29 is 24.2 Å². The lowest BCUT2D eigenvalue weighted by Crippen LogP contribution is -2.52. The maximum atomic E-state index is 12.8. The topological polar surface area (TPSA) is 129 Å². The molecule has 4 rings (SSSR count). The first-order valence-corrected chi connectivity index (χ1v) is 11.1. The van der Waals surface area contributed by atoms with Crippen molar-refractivity contribution in [2.45, 2.75) is 13.0 Å². The maximum absolute atomic E-state index is 12.8. The Labute approximate surface area is 197 Å². The molecule has 2 amide bonds. The number of nitrogens with zero attached hydrogens (tertiary/aromatic N) is 4. The number of hydrogen-bond donors (Lipinski definition) is 3. The maximum Gasteiger partial charge on any atom is 0.338 e. The van der Waals surface area contributed by atoms with Gasteiger partial charge in [0.25, 0.3) is 0 Å². The predicted octanol–water partition coefficient (Wildman–Crippen LogP) is 1.18. The van der Waals surface area contributed by atoms with Gasteiger partial charge in [-0.05, 0) is 30.7 Å². The first-order chi connectivity index (χ1) is 16.5. The van der Waals surface area contributed by atoms with Crippen molar-refractivity contribution in [2.24, 2.45) is 0 Å². The van der Waals surface area contributed by atoms with Crippen LogP contribution in [0.25, 0.3) is 0 Å². The van der Waals surface area contributed by atoms with Gasteiger partial charge in [-0.15, -0.1) is 0 Å². The first kappa shape index (κ1) is 23.3. The quantitative estimate of drug-likeness (QED) is 0.513. The molecule has 3 heterocycles. The lowest BCUT2D eigenvalue weighted by Gasteiger charge is -2.37. The second-order valence-corrected chi connectivity index (χ2v) is 7.89.